The van der Waals surface area contributed by atoms with Crippen LogP contribution in [0.1, 0.15) is 37.5 Å². The molecule has 6 nitrogen and oxygen atoms in total. The van der Waals surface area contributed by atoms with Crippen molar-refractivity contribution in [2.24, 2.45) is 0 Å². The minimum absolute atomic E-state index is 0.241. The predicted molar refractivity (Wildman–Crippen MR) is 130 cm³/mol. The lowest BCUT2D eigenvalue weighted by Gasteiger charge is -2.26. The SMILES string of the molecule is COc1c(CCc2ccc(NS(C)(=O)=O)cc2)cc(-c2ccc[nH]c2=O)c(F)c1C(C)(C)C. The van der Waals surface area contributed by atoms with Gasteiger partial charge in [0.05, 0.1) is 13.4 Å². The fraction of sp³-hybridized carbons (Fsp3) is 0.320. The number of pyridine rings is 1. The number of hydrogen-bond donors (Lipinski definition) is 2. The summed E-state index contributed by atoms with van der Waals surface area (Å²) in [5.74, 6) is 0.0162. The molecule has 0 atom stereocenters. The molecular formula is C25H29FN2O4S. The number of H-pyrrole nitrogens is 1. The summed E-state index contributed by atoms with van der Waals surface area (Å²) in [5.41, 5.74) is 2.28. The number of benzene rings is 2. The molecule has 0 saturated heterocycles. The minimum atomic E-state index is -3.34. The zero-order valence-electron chi connectivity index (χ0n) is 19.5. The van der Waals surface area contributed by atoms with Crippen LogP contribution >= 0.6 is 0 Å². The van der Waals surface area contributed by atoms with E-state index in [0.29, 0.717) is 29.8 Å². The lowest BCUT2D eigenvalue weighted by Crippen LogP contribution is -2.19. The number of rotatable bonds is 7. The second-order valence-corrected chi connectivity index (χ2v) is 10.8. The zero-order valence-corrected chi connectivity index (χ0v) is 20.3. The van der Waals surface area contributed by atoms with Gasteiger partial charge in [-0.25, -0.2) is 12.8 Å². The summed E-state index contributed by atoms with van der Waals surface area (Å²) < 4.78 is 46.6. The maximum Gasteiger partial charge on any atom is 0.255 e. The van der Waals surface area contributed by atoms with Crippen LogP contribution in [0.25, 0.3) is 11.1 Å². The Morgan fingerprint density at radius 2 is 1.73 bits per heavy atom. The van der Waals surface area contributed by atoms with Gasteiger partial charge in [0.2, 0.25) is 10.0 Å². The fourth-order valence-electron chi connectivity index (χ4n) is 3.85. The third-order valence-corrected chi connectivity index (χ3v) is 5.90. The van der Waals surface area contributed by atoms with Crippen LogP contribution in [-0.2, 0) is 28.3 Å². The van der Waals surface area contributed by atoms with Gasteiger partial charge in [-0.3, -0.25) is 9.52 Å². The number of aromatic amines is 1. The molecule has 0 bridgehead atoms. The first-order valence-electron chi connectivity index (χ1n) is 10.6. The highest BCUT2D eigenvalue weighted by Crippen LogP contribution is 2.41. The van der Waals surface area contributed by atoms with E-state index in [1.807, 2.05) is 32.9 Å². The third kappa shape index (κ3) is 5.82. The van der Waals surface area contributed by atoms with Gasteiger partial charge >= 0.3 is 0 Å². The van der Waals surface area contributed by atoms with Gasteiger partial charge in [-0.05, 0) is 59.7 Å². The van der Waals surface area contributed by atoms with Crippen LogP contribution in [0.4, 0.5) is 10.1 Å². The molecule has 0 aliphatic carbocycles. The van der Waals surface area contributed by atoms with Crippen LogP contribution in [0.15, 0.2) is 53.5 Å². The molecule has 0 radical (unpaired) electrons. The number of aryl methyl sites for hydroxylation is 2. The summed E-state index contributed by atoms with van der Waals surface area (Å²) in [6, 6.07) is 12.1. The molecule has 33 heavy (non-hydrogen) atoms. The van der Waals surface area contributed by atoms with E-state index in [-0.39, 0.29) is 16.7 Å². The Hall–Kier alpha value is -3.13. The number of aromatic nitrogens is 1. The van der Waals surface area contributed by atoms with Crippen LogP contribution < -0.4 is 15.0 Å². The maximum atomic E-state index is 15.7. The molecule has 3 rings (SSSR count). The molecule has 1 aromatic heterocycles. The number of methoxy groups -OCH3 is 1. The molecule has 176 valence electrons. The second-order valence-electron chi connectivity index (χ2n) is 9.04. The Bertz CT molecular complexity index is 1310. The van der Waals surface area contributed by atoms with Crippen molar-refractivity contribution in [3.8, 4) is 16.9 Å². The summed E-state index contributed by atoms with van der Waals surface area (Å²) in [7, 11) is -1.82. The van der Waals surface area contributed by atoms with Gasteiger partial charge in [0.25, 0.3) is 5.56 Å². The van der Waals surface area contributed by atoms with Crippen molar-refractivity contribution in [3.05, 3.63) is 81.5 Å². The molecular weight excluding hydrogens is 443 g/mol. The van der Waals surface area contributed by atoms with E-state index in [0.717, 1.165) is 17.4 Å². The van der Waals surface area contributed by atoms with Crippen LogP contribution in [-0.4, -0.2) is 26.8 Å². The molecule has 2 N–H and O–H groups in total. The number of ether oxygens (including phenoxy) is 1. The number of sulfonamides is 1. The summed E-state index contributed by atoms with van der Waals surface area (Å²) >= 11 is 0. The molecule has 3 aromatic rings. The third-order valence-electron chi connectivity index (χ3n) is 5.30. The second kappa shape index (κ2) is 9.39. The maximum absolute atomic E-state index is 15.7. The van der Waals surface area contributed by atoms with E-state index in [1.54, 1.807) is 30.3 Å². The topological polar surface area (TPSA) is 88.3 Å². The van der Waals surface area contributed by atoms with Crippen LogP contribution in [0.5, 0.6) is 5.75 Å². The summed E-state index contributed by atoms with van der Waals surface area (Å²) in [5, 5.41) is 0. The standard InChI is InChI=1S/C25H29FN2O4S/c1-25(2,3)21-22(26)20(19-7-6-14-27-24(19)29)15-17(23(21)32-4)11-8-16-9-12-18(13-10-16)28-33(5,30)31/h6-7,9-10,12-15,28H,8,11H2,1-5H3,(H,27,29). The monoisotopic (exact) mass is 472 g/mol. The van der Waals surface area contributed by atoms with Crippen molar-refractivity contribution in [1.29, 1.82) is 0 Å². The molecule has 8 heteroatoms. The average Bonchev–Trinajstić information content (AvgIpc) is 2.72. The zero-order chi connectivity index (χ0) is 24.4. The number of hydrogen-bond acceptors (Lipinski definition) is 4. The van der Waals surface area contributed by atoms with E-state index >= 15 is 4.39 Å². The smallest absolute Gasteiger partial charge is 0.255 e. The van der Waals surface area contributed by atoms with E-state index < -0.39 is 21.3 Å². The molecule has 0 saturated carbocycles. The highest BCUT2D eigenvalue weighted by molar-refractivity contribution is 7.92. The van der Waals surface area contributed by atoms with Gasteiger partial charge in [-0.1, -0.05) is 32.9 Å². The Labute approximate surface area is 193 Å². The lowest BCUT2D eigenvalue weighted by atomic mass is 9.81. The van der Waals surface area contributed by atoms with Gasteiger partial charge in [0.1, 0.15) is 11.6 Å². The van der Waals surface area contributed by atoms with Gasteiger partial charge in [0.15, 0.2) is 0 Å². The molecule has 0 unspecified atom stereocenters. The van der Waals surface area contributed by atoms with E-state index in [4.69, 9.17) is 4.74 Å². The Balaban J connectivity index is 2.03. The van der Waals surface area contributed by atoms with E-state index in [9.17, 15) is 13.2 Å². The minimum Gasteiger partial charge on any atom is -0.496 e. The molecule has 0 aliphatic heterocycles. The molecule has 0 fully saturated rings. The predicted octanol–water partition coefficient (Wildman–Crippen LogP) is 4.64. The number of nitrogens with one attached hydrogen (secondary N) is 2. The normalized spacial score (nSPS) is 11.9. The highest BCUT2D eigenvalue weighted by atomic mass is 32.2. The fourth-order valence-corrected chi connectivity index (χ4v) is 4.41. The largest absolute Gasteiger partial charge is 0.496 e. The van der Waals surface area contributed by atoms with E-state index in [1.165, 1.54) is 13.3 Å². The van der Waals surface area contributed by atoms with Crippen LogP contribution in [0.2, 0.25) is 0 Å². The summed E-state index contributed by atoms with van der Waals surface area (Å²) in [6.45, 7) is 5.72. The first-order valence-corrected chi connectivity index (χ1v) is 12.4. The number of halogens is 1. The van der Waals surface area contributed by atoms with Crippen molar-refractivity contribution in [2.75, 3.05) is 18.1 Å². The summed E-state index contributed by atoms with van der Waals surface area (Å²) in [4.78, 5) is 15.0. The summed E-state index contributed by atoms with van der Waals surface area (Å²) in [6.07, 6.45) is 3.78. The Morgan fingerprint density at radius 3 is 2.27 bits per heavy atom. The van der Waals surface area contributed by atoms with Crippen LogP contribution in [0, 0.1) is 5.82 Å². The van der Waals surface area contributed by atoms with Gasteiger partial charge < -0.3 is 9.72 Å². The van der Waals surface area contributed by atoms with Crippen LogP contribution in [0.3, 0.4) is 0 Å². The molecule has 0 aliphatic rings. The van der Waals surface area contributed by atoms with E-state index in [2.05, 4.69) is 9.71 Å². The highest BCUT2D eigenvalue weighted by Gasteiger charge is 2.29. The van der Waals surface area contributed by atoms with Crippen molar-refractivity contribution in [2.45, 2.75) is 39.0 Å². The van der Waals surface area contributed by atoms with Crippen molar-refractivity contribution >= 4 is 15.7 Å². The first-order chi connectivity index (χ1) is 15.4. The van der Waals surface area contributed by atoms with Crippen molar-refractivity contribution in [1.82, 2.24) is 4.98 Å². The van der Waals surface area contributed by atoms with Gasteiger partial charge in [-0.2, -0.15) is 0 Å². The first kappa shape index (κ1) is 24.5. The Morgan fingerprint density at radius 1 is 1.06 bits per heavy atom. The average molecular weight is 473 g/mol. The van der Waals surface area contributed by atoms with Gasteiger partial charge in [-0.15, -0.1) is 0 Å². The lowest BCUT2D eigenvalue weighted by molar-refractivity contribution is 0.383. The quantitative estimate of drug-likeness (QED) is 0.524. The van der Waals surface area contributed by atoms with Gasteiger partial charge in [0, 0.05) is 28.6 Å². The van der Waals surface area contributed by atoms with Crippen molar-refractivity contribution in [3.63, 3.8) is 0 Å². The molecule has 0 amide bonds. The molecule has 2 aromatic carbocycles. The Kier molecular flexibility index (Phi) is 6.97. The number of anilines is 1. The molecule has 1 heterocycles. The molecule has 0 spiro atoms. The van der Waals surface area contributed by atoms with Crippen molar-refractivity contribution < 1.29 is 17.5 Å².